The summed E-state index contributed by atoms with van der Waals surface area (Å²) in [6.45, 7) is 0.256. The van der Waals surface area contributed by atoms with Crippen molar-refractivity contribution in [2.45, 2.75) is 42.1 Å². The van der Waals surface area contributed by atoms with E-state index in [1.54, 1.807) is 6.92 Å². The number of halogens is 4. The molecule has 0 N–H and O–H groups in total. The molecule has 3 nitrogen and oxygen atoms in total. The molecule has 0 bridgehead atoms. The molecule has 0 radical (unpaired) electrons. The van der Waals surface area contributed by atoms with Gasteiger partial charge in [0.1, 0.15) is 10.8 Å². The lowest BCUT2D eigenvalue weighted by molar-refractivity contribution is -0.136. The van der Waals surface area contributed by atoms with Crippen LogP contribution in [0.4, 0.5) is 13.2 Å². The zero-order valence-corrected chi connectivity index (χ0v) is 13.0. The van der Waals surface area contributed by atoms with Crippen molar-refractivity contribution in [3.8, 4) is 0 Å². The average molecular weight is 348 g/mol. The zero-order valence-electron chi connectivity index (χ0n) is 10.6. The summed E-state index contributed by atoms with van der Waals surface area (Å²) in [6, 6.07) is 0.854. The highest BCUT2D eigenvalue weighted by atomic mass is 35.5. The normalized spacial score (nSPS) is 16.9. The maximum atomic E-state index is 12.6. The molecule has 9 heteroatoms. The van der Waals surface area contributed by atoms with E-state index in [1.807, 2.05) is 0 Å². The molecule has 0 spiro atoms. The third kappa shape index (κ3) is 3.47. The second-order valence-corrected chi connectivity index (χ2v) is 8.22. The molecule has 0 amide bonds. The van der Waals surface area contributed by atoms with Crippen LogP contribution in [0.15, 0.2) is 10.3 Å². The zero-order chi connectivity index (χ0) is 15.1. The van der Waals surface area contributed by atoms with E-state index in [2.05, 4.69) is 0 Å². The molecular formula is C11H13ClF3NO2S2. The van der Waals surface area contributed by atoms with Crippen LogP contribution in [-0.2, 0) is 15.9 Å². The Morgan fingerprint density at radius 2 is 2.05 bits per heavy atom. The summed E-state index contributed by atoms with van der Waals surface area (Å²) in [6.07, 6.45) is -3.60. The van der Waals surface area contributed by atoms with Crippen LogP contribution in [0.1, 0.15) is 23.3 Å². The first-order chi connectivity index (χ1) is 9.15. The topological polar surface area (TPSA) is 37.4 Å². The third-order valence-electron chi connectivity index (χ3n) is 2.97. The smallest absolute Gasteiger partial charge is 0.206 e. The molecule has 0 aromatic carbocycles. The minimum absolute atomic E-state index is 0.0678. The summed E-state index contributed by atoms with van der Waals surface area (Å²) < 4.78 is 62.9. The summed E-state index contributed by atoms with van der Waals surface area (Å²) in [5.74, 6) is 0.148. The van der Waals surface area contributed by atoms with Crippen LogP contribution >= 0.6 is 22.9 Å². The van der Waals surface area contributed by atoms with Gasteiger partial charge in [-0.05, 0) is 31.4 Å². The van der Waals surface area contributed by atoms with Crippen molar-refractivity contribution in [2.75, 3.05) is 6.54 Å². The highest BCUT2D eigenvalue weighted by molar-refractivity contribution is 7.91. The van der Waals surface area contributed by atoms with Gasteiger partial charge in [0.25, 0.3) is 10.0 Å². The number of nitrogens with zero attached hydrogens (tertiary/aromatic N) is 1. The first kappa shape index (κ1) is 16.1. The molecular weight excluding hydrogens is 335 g/mol. The van der Waals surface area contributed by atoms with Crippen molar-refractivity contribution in [3.05, 3.63) is 16.5 Å². The summed E-state index contributed by atoms with van der Waals surface area (Å²) in [5.41, 5.74) is 0.686. The maximum absolute atomic E-state index is 12.6. The average Bonchev–Trinajstić information content (AvgIpc) is 3.07. The van der Waals surface area contributed by atoms with Gasteiger partial charge >= 0.3 is 6.18 Å². The van der Waals surface area contributed by atoms with Gasteiger partial charge in [0, 0.05) is 10.9 Å². The van der Waals surface area contributed by atoms with Crippen molar-refractivity contribution in [1.29, 1.82) is 0 Å². The molecule has 2 rings (SSSR count). The Balaban J connectivity index is 2.35. The van der Waals surface area contributed by atoms with Gasteiger partial charge in [-0.3, -0.25) is 0 Å². The van der Waals surface area contributed by atoms with Gasteiger partial charge < -0.3 is 0 Å². The van der Waals surface area contributed by atoms with E-state index < -0.39 is 28.8 Å². The molecule has 0 unspecified atom stereocenters. The summed E-state index contributed by atoms with van der Waals surface area (Å²) in [5, 5.41) is 0. The Kier molecular flexibility index (Phi) is 4.40. The number of sulfonamides is 1. The molecule has 1 aliphatic rings. The molecule has 0 aliphatic heterocycles. The standard InChI is InChI=1S/C11H13ClF3NO2S2/c1-7-4-10(19-9(7)5-12)20(17,18)16(8-2-3-8)6-11(13,14)15/h4,8H,2-3,5-6H2,1H3. The first-order valence-electron chi connectivity index (χ1n) is 5.89. The van der Waals surface area contributed by atoms with Crippen LogP contribution in [0.25, 0.3) is 0 Å². The SMILES string of the molecule is Cc1cc(S(=O)(=O)N(CC(F)(F)F)C2CC2)sc1CCl. The fourth-order valence-corrected chi connectivity index (χ4v) is 5.43. The first-order valence-corrected chi connectivity index (χ1v) is 8.68. The lowest BCUT2D eigenvalue weighted by Crippen LogP contribution is -2.40. The number of aryl methyl sites for hydroxylation is 1. The maximum Gasteiger partial charge on any atom is 0.402 e. The Morgan fingerprint density at radius 3 is 2.45 bits per heavy atom. The van der Waals surface area contributed by atoms with Gasteiger partial charge in [-0.15, -0.1) is 22.9 Å². The third-order valence-corrected chi connectivity index (χ3v) is 6.98. The van der Waals surface area contributed by atoms with Crippen LogP contribution < -0.4 is 0 Å². The highest BCUT2D eigenvalue weighted by Crippen LogP contribution is 2.37. The van der Waals surface area contributed by atoms with Gasteiger partial charge in [-0.2, -0.15) is 17.5 Å². The predicted molar refractivity (Wildman–Crippen MR) is 71.6 cm³/mol. The molecule has 0 atom stereocenters. The summed E-state index contributed by atoms with van der Waals surface area (Å²) in [7, 11) is -4.11. The Hall–Kier alpha value is -0.310. The Morgan fingerprint density at radius 1 is 1.45 bits per heavy atom. The van der Waals surface area contributed by atoms with Crippen molar-refractivity contribution >= 4 is 33.0 Å². The minimum Gasteiger partial charge on any atom is -0.206 e. The summed E-state index contributed by atoms with van der Waals surface area (Å²) in [4.78, 5) is 0.660. The molecule has 1 saturated carbocycles. The van der Waals surface area contributed by atoms with E-state index in [-0.39, 0.29) is 10.1 Å². The van der Waals surface area contributed by atoms with Crippen LogP contribution in [0.5, 0.6) is 0 Å². The van der Waals surface area contributed by atoms with E-state index in [4.69, 9.17) is 11.6 Å². The van der Waals surface area contributed by atoms with E-state index in [9.17, 15) is 21.6 Å². The van der Waals surface area contributed by atoms with E-state index in [1.165, 1.54) is 6.07 Å². The van der Waals surface area contributed by atoms with Gasteiger partial charge in [-0.1, -0.05) is 0 Å². The van der Waals surface area contributed by atoms with Gasteiger partial charge in [-0.25, -0.2) is 8.42 Å². The molecule has 0 saturated heterocycles. The fraction of sp³-hybridized carbons (Fsp3) is 0.636. The Labute approximate surface area is 124 Å². The van der Waals surface area contributed by atoms with Gasteiger partial charge in [0.05, 0.1) is 5.88 Å². The Bertz CT molecular complexity index is 593. The number of thiophene rings is 1. The molecule has 114 valence electrons. The van der Waals surface area contributed by atoms with E-state index >= 15 is 0 Å². The highest BCUT2D eigenvalue weighted by Gasteiger charge is 2.45. The van der Waals surface area contributed by atoms with Crippen LogP contribution in [0, 0.1) is 6.92 Å². The quantitative estimate of drug-likeness (QED) is 0.764. The molecule has 1 aromatic rings. The van der Waals surface area contributed by atoms with Crippen LogP contribution in [0.3, 0.4) is 0 Å². The van der Waals surface area contributed by atoms with E-state index in [0.717, 1.165) is 11.3 Å². The second-order valence-electron chi connectivity index (χ2n) is 4.70. The van der Waals surface area contributed by atoms with Crippen molar-refractivity contribution in [2.24, 2.45) is 0 Å². The number of alkyl halides is 4. The lowest BCUT2D eigenvalue weighted by atomic mass is 10.3. The van der Waals surface area contributed by atoms with E-state index in [0.29, 0.717) is 27.6 Å². The molecule has 1 heterocycles. The van der Waals surface area contributed by atoms with Gasteiger partial charge in [0.2, 0.25) is 0 Å². The molecule has 1 aliphatic carbocycles. The van der Waals surface area contributed by atoms with Crippen molar-refractivity contribution in [1.82, 2.24) is 4.31 Å². The van der Waals surface area contributed by atoms with Crippen molar-refractivity contribution in [3.63, 3.8) is 0 Å². The lowest BCUT2D eigenvalue weighted by Gasteiger charge is -2.22. The summed E-state index contributed by atoms with van der Waals surface area (Å²) >= 11 is 6.62. The van der Waals surface area contributed by atoms with Crippen LogP contribution in [-0.4, -0.2) is 31.5 Å². The molecule has 20 heavy (non-hydrogen) atoms. The molecule has 1 aromatic heterocycles. The fourth-order valence-electron chi connectivity index (χ4n) is 1.81. The monoisotopic (exact) mass is 347 g/mol. The van der Waals surface area contributed by atoms with Crippen molar-refractivity contribution < 1.29 is 21.6 Å². The largest absolute Gasteiger partial charge is 0.402 e. The number of rotatable bonds is 5. The number of hydrogen-bond acceptors (Lipinski definition) is 3. The number of hydrogen-bond donors (Lipinski definition) is 0. The van der Waals surface area contributed by atoms with Crippen LogP contribution in [0.2, 0.25) is 0 Å². The van der Waals surface area contributed by atoms with Gasteiger partial charge in [0.15, 0.2) is 0 Å². The predicted octanol–water partition coefficient (Wildman–Crippen LogP) is 3.51. The molecule has 1 fully saturated rings. The second kappa shape index (κ2) is 5.47. The minimum atomic E-state index is -4.54.